The molecule has 3 N–H and O–H groups in total. The smallest absolute Gasteiger partial charge is 0.314 e. The molecular weight excluding hydrogens is 256 g/mol. The summed E-state index contributed by atoms with van der Waals surface area (Å²) in [5.74, 6) is -0.773. The van der Waals surface area contributed by atoms with Gasteiger partial charge in [-0.3, -0.25) is 9.59 Å². The summed E-state index contributed by atoms with van der Waals surface area (Å²) in [7, 11) is 0. The average Bonchev–Trinajstić information content (AvgIpc) is 2.34. The third kappa shape index (κ3) is 2.92. The minimum Gasteiger partial charge on any atom is -0.481 e. The van der Waals surface area contributed by atoms with Crippen LogP contribution in [0.15, 0.2) is 24.3 Å². The van der Waals surface area contributed by atoms with E-state index in [0.29, 0.717) is 13.1 Å². The molecule has 0 unspecified atom stereocenters. The number of carboxylic acids is 1. The van der Waals surface area contributed by atoms with Gasteiger partial charge in [0.25, 0.3) is 0 Å². The third-order valence-electron chi connectivity index (χ3n) is 3.88. The molecule has 0 heterocycles. The lowest BCUT2D eigenvalue weighted by molar-refractivity contribution is -0.147. The molecule has 5 nitrogen and oxygen atoms in total. The normalized spacial score (nSPS) is 16.1. The summed E-state index contributed by atoms with van der Waals surface area (Å²) in [5, 5.41) is 15.3. The Balaban J connectivity index is 1.93. The number of carbonyl (C=O) groups is 2. The van der Waals surface area contributed by atoms with Gasteiger partial charge in [0.2, 0.25) is 5.91 Å². The van der Waals surface area contributed by atoms with Crippen molar-refractivity contribution in [2.45, 2.75) is 31.6 Å². The van der Waals surface area contributed by atoms with Crippen LogP contribution in [-0.2, 0) is 15.0 Å². The Kier molecular flexibility index (Phi) is 4.27. The maximum atomic E-state index is 11.4. The van der Waals surface area contributed by atoms with E-state index in [0.717, 1.165) is 30.5 Å². The van der Waals surface area contributed by atoms with Gasteiger partial charge in [-0.2, -0.15) is 0 Å². The van der Waals surface area contributed by atoms with Gasteiger partial charge in [-0.1, -0.05) is 18.6 Å². The minimum absolute atomic E-state index is 0.0458. The molecule has 0 bridgehead atoms. The Morgan fingerprint density at radius 3 is 2.30 bits per heavy atom. The van der Waals surface area contributed by atoms with Gasteiger partial charge < -0.3 is 15.7 Å². The fourth-order valence-electron chi connectivity index (χ4n) is 2.51. The van der Waals surface area contributed by atoms with E-state index in [1.807, 2.05) is 24.3 Å². The molecular formula is C15H20N2O3. The Bertz CT molecular complexity index is 492. The highest BCUT2D eigenvalue weighted by Crippen LogP contribution is 2.44. The number of anilines is 1. The lowest BCUT2D eigenvalue weighted by atomic mass is 9.64. The Labute approximate surface area is 118 Å². The highest BCUT2D eigenvalue weighted by molar-refractivity contribution is 5.82. The van der Waals surface area contributed by atoms with Crippen LogP contribution in [0.5, 0.6) is 0 Å². The van der Waals surface area contributed by atoms with Gasteiger partial charge in [-0.15, -0.1) is 0 Å². The summed E-state index contributed by atoms with van der Waals surface area (Å²) in [6.45, 7) is 2.69. The maximum Gasteiger partial charge on any atom is 0.314 e. The first-order chi connectivity index (χ1) is 9.54. The van der Waals surface area contributed by atoms with Crippen molar-refractivity contribution in [2.24, 2.45) is 0 Å². The molecule has 1 saturated carbocycles. The van der Waals surface area contributed by atoms with E-state index in [1.165, 1.54) is 6.92 Å². The molecule has 0 spiro atoms. The van der Waals surface area contributed by atoms with Crippen LogP contribution >= 0.6 is 0 Å². The summed E-state index contributed by atoms with van der Waals surface area (Å²) in [4.78, 5) is 22.1. The fourth-order valence-corrected chi connectivity index (χ4v) is 2.51. The first-order valence-electron chi connectivity index (χ1n) is 6.87. The highest BCUT2D eigenvalue weighted by Gasteiger charge is 2.45. The predicted octanol–water partition coefficient (Wildman–Crippen LogP) is 1.74. The van der Waals surface area contributed by atoms with Gasteiger partial charge in [0, 0.05) is 25.7 Å². The number of amides is 1. The molecule has 108 valence electrons. The van der Waals surface area contributed by atoms with E-state index in [4.69, 9.17) is 0 Å². The van der Waals surface area contributed by atoms with Gasteiger partial charge in [-0.05, 0) is 30.5 Å². The van der Waals surface area contributed by atoms with Crippen molar-refractivity contribution >= 4 is 17.6 Å². The molecule has 2 rings (SSSR count). The molecule has 1 aliphatic rings. The second kappa shape index (κ2) is 5.94. The lowest BCUT2D eigenvalue weighted by Crippen LogP contribution is -2.42. The summed E-state index contributed by atoms with van der Waals surface area (Å²) in [5.41, 5.74) is 1.14. The van der Waals surface area contributed by atoms with Crippen molar-refractivity contribution in [3.05, 3.63) is 29.8 Å². The number of rotatable bonds is 6. The summed E-state index contributed by atoms with van der Waals surface area (Å²) >= 11 is 0. The highest BCUT2D eigenvalue weighted by atomic mass is 16.4. The van der Waals surface area contributed by atoms with Crippen molar-refractivity contribution in [3.63, 3.8) is 0 Å². The number of hydrogen-bond acceptors (Lipinski definition) is 3. The number of benzene rings is 1. The van der Waals surface area contributed by atoms with Crippen molar-refractivity contribution in [1.29, 1.82) is 0 Å². The summed E-state index contributed by atoms with van der Waals surface area (Å²) in [6.07, 6.45) is 2.41. The quantitative estimate of drug-likeness (QED) is 0.692. The third-order valence-corrected chi connectivity index (χ3v) is 3.88. The van der Waals surface area contributed by atoms with Gasteiger partial charge in [0.1, 0.15) is 0 Å². The van der Waals surface area contributed by atoms with Crippen LogP contribution in [0, 0.1) is 0 Å². The zero-order valence-corrected chi connectivity index (χ0v) is 11.6. The molecule has 1 aromatic rings. The van der Waals surface area contributed by atoms with Crippen molar-refractivity contribution < 1.29 is 14.7 Å². The molecule has 1 fully saturated rings. The van der Waals surface area contributed by atoms with Crippen LogP contribution in [0.1, 0.15) is 31.7 Å². The fraction of sp³-hybridized carbons (Fsp3) is 0.467. The zero-order valence-electron chi connectivity index (χ0n) is 11.6. The van der Waals surface area contributed by atoms with Crippen LogP contribution in [0.2, 0.25) is 0 Å². The van der Waals surface area contributed by atoms with Gasteiger partial charge in [0.15, 0.2) is 0 Å². The van der Waals surface area contributed by atoms with E-state index >= 15 is 0 Å². The first kappa shape index (κ1) is 14.4. The Morgan fingerprint density at radius 1 is 1.20 bits per heavy atom. The van der Waals surface area contributed by atoms with Crippen LogP contribution in [-0.4, -0.2) is 30.1 Å². The average molecular weight is 276 g/mol. The SMILES string of the molecule is CC(=O)NCCNc1ccc(C2(C(=O)O)CCC2)cc1. The van der Waals surface area contributed by atoms with E-state index in [2.05, 4.69) is 10.6 Å². The molecule has 20 heavy (non-hydrogen) atoms. The van der Waals surface area contributed by atoms with Crippen molar-refractivity contribution in [1.82, 2.24) is 5.32 Å². The van der Waals surface area contributed by atoms with E-state index < -0.39 is 11.4 Å². The van der Waals surface area contributed by atoms with E-state index in [1.54, 1.807) is 0 Å². The predicted molar refractivity (Wildman–Crippen MR) is 76.8 cm³/mol. The first-order valence-corrected chi connectivity index (χ1v) is 6.87. The Hall–Kier alpha value is -2.04. The maximum absolute atomic E-state index is 11.4. The van der Waals surface area contributed by atoms with Crippen LogP contribution < -0.4 is 10.6 Å². The Morgan fingerprint density at radius 2 is 1.85 bits per heavy atom. The number of carboxylic acid groups (broad SMARTS) is 1. The second-order valence-corrected chi connectivity index (χ2v) is 5.23. The standard InChI is InChI=1S/C15H20N2O3/c1-11(18)16-9-10-17-13-5-3-12(4-6-13)15(14(19)20)7-2-8-15/h3-6,17H,2,7-10H2,1H3,(H,16,18)(H,19,20). The van der Waals surface area contributed by atoms with Gasteiger partial charge >= 0.3 is 5.97 Å². The van der Waals surface area contributed by atoms with Crippen LogP contribution in [0.4, 0.5) is 5.69 Å². The molecule has 0 aromatic heterocycles. The molecule has 0 aliphatic heterocycles. The molecule has 0 atom stereocenters. The van der Waals surface area contributed by atoms with Gasteiger partial charge in [-0.25, -0.2) is 0 Å². The minimum atomic E-state index is -0.727. The number of hydrogen-bond donors (Lipinski definition) is 3. The molecule has 0 saturated heterocycles. The van der Waals surface area contributed by atoms with Gasteiger partial charge in [0.05, 0.1) is 5.41 Å². The van der Waals surface area contributed by atoms with E-state index in [9.17, 15) is 14.7 Å². The van der Waals surface area contributed by atoms with Crippen LogP contribution in [0.25, 0.3) is 0 Å². The number of aliphatic carboxylic acids is 1. The number of nitrogens with one attached hydrogen (secondary N) is 2. The molecule has 1 amide bonds. The second-order valence-electron chi connectivity index (χ2n) is 5.23. The molecule has 5 heteroatoms. The molecule has 1 aliphatic carbocycles. The van der Waals surface area contributed by atoms with E-state index in [-0.39, 0.29) is 5.91 Å². The zero-order chi connectivity index (χ0) is 14.6. The summed E-state index contributed by atoms with van der Waals surface area (Å²) < 4.78 is 0. The summed E-state index contributed by atoms with van der Waals surface area (Å²) in [6, 6.07) is 7.56. The largest absolute Gasteiger partial charge is 0.481 e. The topological polar surface area (TPSA) is 78.4 Å². The molecule has 1 aromatic carbocycles. The monoisotopic (exact) mass is 276 g/mol. The number of carbonyl (C=O) groups excluding carboxylic acids is 1. The van der Waals surface area contributed by atoms with Crippen molar-refractivity contribution in [2.75, 3.05) is 18.4 Å². The lowest BCUT2D eigenvalue weighted by Gasteiger charge is -2.38. The van der Waals surface area contributed by atoms with Crippen molar-refractivity contribution in [3.8, 4) is 0 Å². The van der Waals surface area contributed by atoms with Crippen LogP contribution in [0.3, 0.4) is 0 Å². The molecule has 0 radical (unpaired) electrons.